The van der Waals surface area contributed by atoms with Crippen molar-refractivity contribution in [3.63, 3.8) is 0 Å². The second-order valence-electron chi connectivity index (χ2n) is 6.06. The number of hydrogen-bond donors (Lipinski definition) is 1. The Bertz CT molecular complexity index is 420. The predicted molar refractivity (Wildman–Crippen MR) is 77.8 cm³/mol. The van der Waals surface area contributed by atoms with Gasteiger partial charge in [-0.15, -0.1) is 0 Å². The first kappa shape index (κ1) is 15.0. The fourth-order valence-electron chi connectivity index (χ4n) is 3.03. The van der Waals surface area contributed by atoms with Crippen molar-refractivity contribution >= 4 is 0 Å². The molecule has 2 aliphatic heterocycles. The minimum atomic E-state index is -0.0270. The van der Waals surface area contributed by atoms with E-state index < -0.39 is 0 Å². The fraction of sp³-hybridized carbons (Fsp3) is 0.750. The van der Waals surface area contributed by atoms with Crippen molar-refractivity contribution in [2.75, 3.05) is 32.9 Å². The minimum Gasteiger partial charge on any atom is -0.462 e. The lowest BCUT2D eigenvalue weighted by Crippen LogP contribution is -2.37. The zero-order valence-electron chi connectivity index (χ0n) is 12.5. The van der Waals surface area contributed by atoms with Crippen LogP contribution in [0.2, 0.25) is 0 Å². The molecule has 5 nitrogen and oxygen atoms in total. The number of aliphatic hydroxyl groups excluding tert-OH is 1. The Morgan fingerprint density at radius 3 is 2.67 bits per heavy atom. The average Bonchev–Trinajstić information content (AvgIpc) is 3.18. The number of piperidine rings is 1. The number of hydrogen-bond acceptors (Lipinski definition) is 5. The molecule has 3 heterocycles. The van der Waals surface area contributed by atoms with Gasteiger partial charge in [-0.25, -0.2) is 0 Å². The monoisotopic (exact) mass is 295 g/mol. The molecule has 0 aliphatic carbocycles. The summed E-state index contributed by atoms with van der Waals surface area (Å²) in [6.07, 6.45) is 3.71. The molecule has 0 spiro atoms. The van der Waals surface area contributed by atoms with Gasteiger partial charge in [-0.2, -0.15) is 0 Å². The van der Waals surface area contributed by atoms with Crippen LogP contribution < -0.4 is 0 Å². The molecule has 0 aromatic carbocycles. The molecule has 0 saturated carbocycles. The Morgan fingerprint density at radius 2 is 2.00 bits per heavy atom. The van der Waals surface area contributed by atoms with E-state index >= 15 is 0 Å². The molecule has 0 radical (unpaired) electrons. The van der Waals surface area contributed by atoms with Crippen LogP contribution in [0.25, 0.3) is 0 Å². The summed E-state index contributed by atoms with van der Waals surface area (Å²) in [4.78, 5) is 2.39. The number of ether oxygens (including phenoxy) is 2. The summed E-state index contributed by atoms with van der Waals surface area (Å²) in [5.41, 5.74) is 0. The Kier molecular flexibility index (Phi) is 5.30. The van der Waals surface area contributed by atoms with Crippen LogP contribution in [0.4, 0.5) is 0 Å². The van der Waals surface area contributed by atoms with Gasteiger partial charge >= 0.3 is 0 Å². The highest BCUT2D eigenvalue weighted by Crippen LogP contribution is 2.20. The molecule has 1 aromatic heterocycles. The van der Waals surface area contributed by atoms with Gasteiger partial charge in [0.1, 0.15) is 18.1 Å². The second-order valence-corrected chi connectivity index (χ2v) is 6.06. The number of likely N-dealkylation sites (tertiary alicyclic amines) is 1. The molecular formula is C16H25NO4. The third-order valence-electron chi connectivity index (χ3n) is 4.38. The summed E-state index contributed by atoms with van der Waals surface area (Å²) in [5.74, 6) is 2.17. The van der Waals surface area contributed by atoms with Gasteiger partial charge in [-0.1, -0.05) is 0 Å². The van der Waals surface area contributed by atoms with Crippen molar-refractivity contribution in [1.82, 2.24) is 4.90 Å². The molecule has 0 unspecified atom stereocenters. The fourth-order valence-corrected chi connectivity index (χ4v) is 3.03. The highest BCUT2D eigenvalue weighted by atomic mass is 16.5. The molecule has 1 N–H and O–H groups in total. The van der Waals surface area contributed by atoms with E-state index in [0.717, 1.165) is 64.5 Å². The standard InChI is InChI=1S/C16H25NO4/c18-10-16-2-1-15(21-16)9-17-6-3-14(4-7-17)20-12-13-5-8-19-11-13/h1-2,13-14,18H,3-12H2/t13-/m0/s1. The van der Waals surface area contributed by atoms with Gasteiger partial charge in [-0.3, -0.25) is 4.90 Å². The Hall–Kier alpha value is -0.880. The summed E-state index contributed by atoms with van der Waals surface area (Å²) in [6, 6.07) is 3.79. The van der Waals surface area contributed by atoms with E-state index in [-0.39, 0.29) is 6.61 Å². The SMILES string of the molecule is OCc1ccc(CN2CCC(OC[C@H]3CCOC3)CC2)o1. The van der Waals surface area contributed by atoms with E-state index in [2.05, 4.69) is 4.90 Å². The minimum absolute atomic E-state index is 0.0270. The Labute approximate surface area is 125 Å². The zero-order valence-corrected chi connectivity index (χ0v) is 12.5. The first-order valence-electron chi connectivity index (χ1n) is 7.93. The Balaban J connectivity index is 1.36. The summed E-state index contributed by atoms with van der Waals surface area (Å²) in [6.45, 7) is 5.49. The highest BCUT2D eigenvalue weighted by Gasteiger charge is 2.23. The maximum atomic E-state index is 9.01. The number of aliphatic hydroxyl groups is 1. The lowest BCUT2D eigenvalue weighted by Gasteiger charge is -2.31. The van der Waals surface area contributed by atoms with Crippen molar-refractivity contribution in [3.8, 4) is 0 Å². The van der Waals surface area contributed by atoms with Crippen LogP contribution in [0.15, 0.2) is 16.5 Å². The maximum Gasteiger partial charge on any atom is 0.129 e. The highest BCUT2D eigenvalue weighted by molar-refractivity contribution is 5.06. The van der Waals surface area contributed by atoms with Gasteiger partial charge in [-0.05, 0) is 31.4 Å². The van der Waals surface area contributed by atoms with Crippen molar-refractivity contribution in [1.29, 1.82) is 0 Å². The van der Waals surface area contributed by atoms with Crippen LogP contribution in [0, 0.1) is 5.92 Å². The van der Waals surface area contributed by atoms with Crippen LogP contribution in [0.3, 0.4) is 0 Å². The van der Waals surface area contributed by atoms with Crippen LogP contribution in [0.5, 0.6) is 0 Å². The van der Waals surface area contributed by atoms with Gasteiger partial charge in [0, 0.05) is 25.6 Å². The van der Waals surface area contributed by atoms with E-state index in [1.807, 2.05) is 12.1 Å². The van der Waals surface area contributed by atoms with Gasteiger partial charge in [0.05, 0.1) is 25.9 Å². The normalized spacial score (nSPS) is 24.7. The van der Waals surface area contributed by atoms with Crippen LogP contribution in [0.1, 0.15) is 30.8 Å². The predicted octanol–water partition coefficient (Wildman–Crippen LogP) is 1.79. The van der Waals surface area contributed by atoms with E-state index in [1.54, 1.807) is 0 Å². The van der Waals surface area contributed by atoms with Gasteiger partial charge < -0.3 is 19.0 Å². The summed E-state index contributed by atoms with van der Waals surface area (Å²) < 4.78 is 16.9. The lowest BCUT2D eigenvalue weighted by molar-refractivity contribution is -0.0126. The van der Waals surface area contributed by atoms with E-state index in [1.165, 1.54) is 0 Å². The van der Waals surface area contributed by atoms with E-state index in [4.69, 9.17) is 19.0 Å². The molecule has 0 bridgehead atoms. The first-order chi connectivity index (χ1) is 10.3. The summed E-state index contributed by atoms with van der Waals surface area (Å²) in [5, 5.41) is 9.01. The smallest absolute Gasteiger partial charge is 0.129 e. The Morgan fingerprint density at radius 1 is 1.19 bits per heavy atom. The number of rotatable bonds is 6. The molecule has 0 amide bonds. The van der Waals surface area contributed by atoms with Crippen LogP contribution >= 0.6 is 0 Å². The van der Waals surface area contributed by atoms with E-state index in [9.17, 15) is 0 Å². The number of furan rings is 1. The van der Waals surface area contributed by atoms with Crippen molar-refractivity contribution < 1.29 is 19.0 Å². The number of nitrogens with zero attached hydrogens (tertiary/aromatic N) is 1. The molecule has 21 heavy (non-hydrogen) atoms. The van der Waals surface area contributed by atoms with E-state index in [0.29, 0.717) is 17.8 Å². The van der Waals surface area contributed by atoms with Gasteiger partial charge in [0.25, 0.3) is 0 Å². The zero-order chi connectivity index (χ0) is 14.5. The third-order valence-corrected chi connectivity index (χ3v) is 4.38. The van der Waals surface area contributed by atoms with Crippen molar-refractivity contribution in [3.05, 3.63) is 23.7 Å². The molecule has 2 aliphatic rings. The topological polar surface area (TPSA) is 55.1 Å². The average molecular weight is 295 g/mol. The maximum absolute atomic E-state index is 9.01. The quantitative estimate of drug-likeness (QED) is 0.867. The van der Waals surface area contributed by atoms with Gasteiger partial charge in [0.15, 0.2) is 0 Å². The molecule has 2 fully saturated rings. The summed E-state index contributed by atoms with van der Waals surface area (Å²) in [7, 11) is 0. The largest absolute Gasteiger partial charge is 0.462 e. The molecule has 1 atom stereocenters. The van der Waals surface area contributed by atoms with Crippen LogP contribution in [-0.2, 0) is 22.6 Å². The molecule has 3 rings (SSSR count). The van der Waals surface area contributed by atoms with Gasteiger partial charge in [0.2, 0.25) is 0 Å². The first-order valence-corrected chi connectivity index (χ1v) is 7.93. The van der Waals surface area contributed by atoms with Crippen molar-refractivity contribution in [2.24, 2.45) is 5.92 Å². The molecular weight excluding hydrogens is 270 g/mol. The second kappa shape index (κ2) is 7.40. The van der Waals surface area contributed by atoms with Crippen LogP contribution in [-0.4, -0.2) is 49.0 Å². The lowest BCUT2D eigenvalue weighted by atomic mass is 10.1. The van der Waals surface area contributed by atoms with Crippen molar-refractivity contribution in [2.45, 2.75) is 38.5 Å². The molecule has 2 saturated heterocycles. The molecule has 118 valence electrons. The summed E-state index contributed by atoms with van der Waals surface area (Å²) >= 11 is 0. The molecule has 5 heteroatoms. The molecule has 1 aromatic rings. The third kappa shape index (κ3) is 4.30.